The Balaban J connectivity index is 2.23. The molecule has 6 nitrogen and oxygen atoms in total. The molecule has 0 amide bonds. The first kappa shape index (κ1) is 21.0. The second kappa shape index (κ2) is 7.29. The highest BCUT2D eigenvalue weighted by atomic mass is 32.2. The fourth-order valence-electron chi connectivity index (χ4n) is 4.75. The van der Waals surface area contributed by atoms with Crippen LogP contribution in [0.25, 0.3) is 0 Å². The number of hydrogen-bond donors (Lipinski definition) is 1. The number of rotatable bonds is 6. The Morgan fingerprint density at radius 1 is 1.21 bits per heavy atom. The Labute approximate surface area is 173 Å². The van der Waals surface area contributed by atoms with Crippen molar-refractivity contribution >= 4 is 27.6 Å². The zero-order valence-corrected chi connectivity index (χ0v) is 18.3. The van der Waals surface area contributed by atoms with Gasteiger partial charge in [0.2, 0.25) is 10.0 Å². The maximum absolute atomic E-state index is 11.8. The molecule has 7 heteroatoms. The average Bonchev–Trinajstić information content (AvgIpc) is 3.01. The fraction of sp³-hybridized carbons (Fsp3) is 0.364. The van der Waals surface area contributed by atoms with E-state index in [9.17, 15) is 13.7 Å². The van der Waals surface area contributed by atoms with Crippen molar-refractivity contribution in [3.05, 3.63) is 59.2 Å². The van der Waals surface area contributed by atoms with E-state index in [1.807, 2.05) is 36.4 Å². The van der Waals surface area contributed by atoms with Gasteiger partial charge in [0.05, 0.1) is 42.4 Å². The highest BCUT2D eigenvalue weighted by Gasteiger charge is 2.56. The Hall–Kier alpha value is -2.69. The van der Waals surface area contributed by atoms with E-state index in [0.29, 0.717) is 11.3 Å². The summed E-state index contributed by atoms with van der Waals surface area (Å²) in [5.74, 6) is 0.222. The van der Waals surface area contributed by atoms with Gasteiger partial charge < -0.3 is 0 Å². The van der Waals surface area contributed by atoms with Gasteiger partial charge in [-0.05, 0) is 18.2 Å². The highest BCUT2D eigenvalue weighted by Crippen LogP contribution is 2.51. The van der Waals surface area contributed by atoms with Crippen molar-refractivity contribution in [3.8, 4) is 6.07 Å². The van der Waals surface area contributed by atoms with Gasteiger partial charge in [0.25, 0.3) is 0 Å². The van der Waals surface area contributed by atoms with E-state index in [-0.39, 0.29) is 16.0 Å². The lowest BCUT2D eigenvalue weighted by Gasteiger charge is -2.47. The number of sulfonamides is 1. The minimum Gasteiger partial charge on any atom is -0.283 e. The molecule has 0 saturated heterocycles. The van der Waals surface area contributed by atoms with Crippen LogP contribution in [-0.2, 0) is 15.6 Å². The second-order valence-corrected chi connectivity index (χ2v) is 9.69. The quantitative estimate of drug-likeness (QED) is 0.724. The standard InChI is InChI=1S/C22H27N4O2S/c1-6-22(16(2)3,18-12-10-17(14-23)11-13-18)26(4)21-9-7-8-20(19(21)15-24-26)25-29(5,27)28/h7-13,15-16,25H,6H2,1-5H3/q+1. The average molecular weight is 412 g/mol. The maximum atomic E-state index is 11.8. The van der Waals surface area contributed by atoms with Crippen LogP contribution in [0, 0.1) is 17.2 Å². The number of hydrogen-bond acceptors (Lipinski definition) is 4. The summed E-state index contributed by atoms with van der Waals surface area (Å²) in [6, 6.07) is 15.5. The molecular weight excluding hydrogens is 384 g/mol. The summed E-state index contributed by atoms with van der Waals surface area (Å²) < 4.78 is 26.5. The molecule has 0 radical (unpaired) electrons. The Morgan fingerprint density at radius 2 is 1.86 bits per heavy atom. The maximum Gasteiger partial charge on any atom is 0.229 e. The molecule has 29 heavy (non-hydrogen) atoms. The molecule has 0 aromatic heterocycles. The first-order valence-corrected chi connectivity index (χ1v) is 11.5. The SMILES string of the molecule is CCC(c1ccc(C#N)cc1)(C(C)C)[N+]1(C)N=Cc2c(NS(C)(=O)=O)cccc21. The van der Waals surface area contributed by atoms with Crippen molar-refractivity contribution in [3.63, 3.8) is 0 Å². The predicted molar refractivity (Wildman–Crippen MR) is 118 cm³/mol. The molecule has 2 unspecified atom stereocenters. The van der Waals surface area contributed by atoms with Gasteiger partial charge in [-0.3, -0.25) is 4.72 Å². The number of nitrogens with zero attached hydrogens (tertiary/aromatic N) is 3. The molecule has 2 atom stereocenters. The Morgan fingerprint density at radius 3 is 2.38 bits per heavy atom. The van der Waals surface area contributed by atoms with Gasteiger partial charge in [0, 0.05) is 24.0 Å². The van der Waals surface area contributed by atoms with Crippen LogP contribution in [0.15, 0.2) is 47.6 Å². The number of anilines is 1. The minimum absolute atomic E-state index is 0.222. The lowest BCUT2D eigenvalue weighted by Crippen LogP contribution is -2.59. The molecule has 0 fully saturated rings. The highest BCUT2D eigenvalue weighted by molar-refractivity contribution is 7.92. The molecule has 152 valence electrons. The van der Waals surface area contributed by atoms with E-state index in [1.54, 1.807) is 12.3 Å². The van der Waals surface area contributed by atoms with Gasteiger partial charge in [0.15, 0.2) is 11.2 Å². The third-order valence-corrected chi connectivity index (χ3v) is 6.64. The first-order valence-electron chi connectivity index (χ1n) is 9.63. The summed E-state index contributed by atoms with van der Waals surface area (Å²) in [5, 5.41) is 14.1. The lowest BCUT2D eigenvalue weighted by atomic mass is 9.75. The van der Waals surface area contributed by atoms with Crippen molar-refractivity contribution in [2.75, 3.05) is 18.0 Å². The Bertz CT molecular complexity index is 1100. The lowest BCUT2D eigenvalue weighted by molar-refractivity contribution is 0.0726. The van der Waals surface area contributed by atoms with E-state index in [4.69, 9.17) is 5.10 Å². The number of quaternary nitrogens is 1. The molecule has 1 aliphatic rings. The van der Waals surface area contributed by atoms with Crippen LogP contribution in [0.5, 0.6) is 0 Å². The van der Waals surface area contributed by atoms with Crippen molar-refractivity contribution in [1.82, 2.24) is 4.59 Å². The van der Waals surface area contributed by atoms with E-state index in [1.165, 1.54) is 0 Å². The first-order chi connectivity index (χ1) is 13.6. The number of fused-ring (bicyclic) bond motifs is 1. The van der Waals surface area contributed by atoms with Gasteiger partial charge in [-0.2, -0.15) is 9.85 Å². The topological polar surface area (TPSA) is 82.3 Å². The molecule has 3 rings (SSSR count). The minimum atomic E-state index is -3.40. The molecular formula is C22H27N4O2S+. The zero-order valence-electron chi connectivity index (χ0n) is 17.5. The van der Waals surface area contributed by atoms with Crippen LogP contribution < -0.4 is 9.31 Å². The van der Waals surface area contributed by atoms with Gasteiger partial charge >= 0.3 is 0 Å². The molecule has 2 aromatic rings. The third-order valence-electron chi connectivity index (χ3n) is 6.05. The van der Waals surface area contributed by atoms with Gasteiger partial charge in [-0.25, -0.2) is 8.42 Å². The second-order valence-electron chi connectivity index (χ2n) is 7.94. The van der Waals surface area contributed by atoms with Crippen LogP contribution in [0.3, 0.4) is 0 Å². The van der Waals surface area contributed by atoms with Gasteiger partial charge in [-0.15, -0.1) is 0 Å². The summed E-state index contributed by atoms with van der Waals surface area (Å²) >= 11 is 0. The number of nitriles is 1. The Kier molecular flexibility index (Phi) is 5.28. The van der Waals surface area contributed by atoms with Crippen molar-refractivity contribution in [2.45, 2.75) is 32.7 Å². The molecule has 1 N–H and O–H groups in total. The van der Waals surface area contributed by atoms with E-state index in [2.05, 4.69) is 38.6 Å². The van der Waals surface area contributed by atoms with Crippen LogP contribution >= 0.6 is 0 Å². The molecule has 0 spiro atoms. The molecule has 0 aliphatic carbocycles. The molecule has 0 saturated carbocycles. The largest absolute Gasteiger partial charge is 0.283 e. The van der Waals surface area contributed by atoms with E-state index < -0.39 is 10.0 Å². The summed E-state index contributed by atoms with van der Waals surface area (Å²) in [5.41, 5.74) is 3.59. The van der Waals surface area contributed by atoms with Crippen molar-refractivity contribution in [1.29, 1.82) is 5.26 Å². The van der Waals surface area contributed by atoms with Crippen LogP contribution in [0.4, 0.5) is 11.4 Å². The van der Waals surface area contributed by atoms with Gasteiger partial charge in [-0.1, -0.05) is 44.1 Å². The van der Waals surface area contributed by atoms with E-state index >= 15 is 0 Å². The normalized spacial score (nSPS) is 20.2. The monoisotopic (exact) mass is 411 g/mol. The summed E-state index contributed by atoms with van der Waals surface area (Å²) in [7, 11) is -1.34. The number of benzene rings is 2. The summed E-state index contributed by atoms with van der Waals surface area (Å²) in [6.07, 6.45) is 3.72. The van der Waals surface area contributed by atoms with E-state index in [0.717, 1.165) is 29.5 Å². The summed E-state index contributed by atoms with van der Waals surface area (Å²) in [4.78, 5) is 0. The third kappa shape index (κ3) is 3.33. The smallest absolute Gasteiger partial charge is 0.229 e. The number of nitrogens with one attached hydrogen (secondary N) is 1. The predicted octanol–water partition coefficient (Wildman–Crippen LogP) is 4.18. The van der Waals surface area contributed by atoms with Crippen LogP contribution in [0.2, 0.25) is 0 Å². The summed E-state index contributed by atoms with van der Waals surface area (Å²) in [6.45, 7) is 6.50. The molecule has 2 aromatic carbocycles. The van der Waals surface area contributed by atoms with Gasteiger partial charge in [0.1, 0.15) is 0 Å². The molecule has 1 aliphatic heterocycles. The molecule has 1 heterocycles. The molecule has 0 bridgehead atoms. The van der Waals surface area contributed by atoms with Crippen LogP contribution in [0.1, 0.15) is 43.9 Å². The fourth-order valence-corrected chi connectivity index (χ4v) is 5.33. The zero-order chi connectivity index (χ0) is 21.4. The van der Waals surface area contributed by atoms with Crippen molar-refractivity contribution < 1.29 is 8.42 Å². The van der Waals surface area contributed by atoms with Crippen molar-refractivity contribution in [2.24, 2.45) is 11.0 Å². The van der Waals surface area contributed by atoms with Crippen LogP contribution in [-0.4, -0.2) is 27.9 Å².